The van der Waals surface area contributed by atoms with Crippen molar-refractivity contribution in [3.8, 4) is 0 Å². The van der Waals surface area contributed by atoms with E-state index in [4.69, 9.17) is 35.5 Å². The van der Waals surface area contributed by atoms with Crippen molar-refractivity contribution in [2.45, 2.75) is 0 Å². The highest BCUT2D eigenvalue weighted by Gasteiger charge is 2.03. The fourth-order valence-electron chi connectivity index (χ4n) is 0.637. The lowest BCUT2D eigenvalue weighted by Crippen LogP contribution is -1.84. The van der Waals surface area contributed by atoms with E-state index in [2.05, 4.69) is 4.85 Å². The maximum Gasteiger partial charge on any atom is 0.207 e. The first-order valence-electron chi connectivity index (χ1n) is 2.77. The third-order valence-electron chi connectivity index (χ3n) is 1.19. The third kappa shape index (κ3) is 1.56. The van der Waals surface area contributed by atoms with Crippen molar-refractivity contribution in [1.29, 1.82) is 0 Å². The normalized spacial score (nSPS) is 9.18. The van der Waals surface area contributed by atoms with E-state index in [1.54, 1.807) is 0 Å². The molecule has 0 aliphatic carbocycles. The summed E-state index contributed by atoms with van der Waals surface area (Å²) in [6, 6.07) is 2.92. The molecule has 0 saturated carbocycles. The quantitative estimate of drug-likeness (QED) is 0.490. The average Bonchev–Trinajstić information content (AvgIpc) is 1.97. The number of halogens is 2. The van der Waals surface area contributed by atoms with Gasteiger partial charge >= 0.3 is 0 Å². The summed E-state index contributed by atoms with van der Waals surface area (Å²) in [4.78, 5) is 3.15. The van der Waals surface area contributed by atoms with Crippen LogP contribution in [0.5, 0.6) is 0 Å². The molecule has 0 unspecified atom stereocenters. The molecule has 1 aromatic rings. The van der Waals surface area contributed by atoms with E-state index in [-0.39, 0.29) is 0 Å². The van der Waals surface area contributed by atoms with Crippen LogP contribution in [0.2, 0.25) is 10.0 Å². The Morgan fingerprint density at radius 3 is 2.45 bits per heavy atom. The Balaban J connectivity index is 3.35. The molecule has 0 saturated heterocycles. The van der Waals surface area contributed by atoms with Gasteiger partial charge in [0.1, 0.15) is 0 Å². The van der Waals surface area contributed by atoms with Crippen LogP contribution in [0, 0.1) is 6.57 Å². The van der Waals surface area contributed by atoms with Gasteiger partial charge in [-0.3, -0.25) is 0 Å². The van der Waals surface area contributed by atoms with Crippen molar-refractivity contribution in [2.24, 2.45) is 0 Å². The Morgan fingerprint density at radius 2 is 1.91 bits per heavy atom. The maximum atomic E-state index is 6.69. The minimum atomic E-state index is 0.325. The molecule has 0 amide bonds. The first kappa shape index (κ1) is 8.19. The molecule has 0 atom stereocenters. The molecule has 0 fully saturated rings. The molecule has 0 radical (unpaired) electrons. The molecule has 0 spiro atoms. The van der Waals surface area contributed by atoms with Crippen LogP contribution in [0.3, 0.4) is 0 Å². The highest BCUT2D eigenvalue weighted by Crippen LogP contribution is 2.32. The Kier molecular flexibility index (Phi) is 2.23. The number of hydrogen-bond acceptors (Lipinski definition) is 1. The molecule has 2 N–H and O–H groups in total. The van der Waals surface area contributed by atoms with E-state index in [1.165, 1.54) is 12.1 Å². The highest BCUT2D eigenvalue weighted by atomic mass is 35.5. The lowest BCUT2D eigenvalue weighted by Gasteiger charge is -1.99. The van der Waals surface area contributed by atoms with Gasteiger partial charge in [0.25, 0.3) is 0 Å². The zero-order chi connectivity index (χ0) is 8.43. The zero-order valence-electron chi connectivity index (χ0n) is 5.44. The molecule has 1 rings (SSSR count). The van der Waals surface area contributed by atoms with Crippen molar-refractivity contribution in [3.05, 3.63) is 33.6 Å². The summed E-state index contributed by atoms with van der Waals surface area (Å²) >= 11 is 11.3. The molecule has 1 aromatic carbocycles. The Hall–Kier alpha value is -0.910. The fraction of sp³-hybridized carbons (Fsp3) is 0. The van der Waals surface area contributed by atoms with E-state index in [0.717, 1.165) is 0 Å². The molecule has 11 heavy (non-hydrogen) atoms. The predicted molar refractivity (Wildman–Crippen MR) is 47.1 cm³/mol. The number of benzene rings is 1. The molecule has 0 aromatic heterocycles. The van der Waals surface area contributed by atoms with Crippen molar-refractivity contribution in [2.75, 3.05) is 5.73 Å². The second-order valence-electron chi connectivity index (χ2n) is 1.94. The molecule has 0 aliphatic heterocycles. The van der Waals surface area contributed by atoms with Gasteiger partial charge in [0.15, 0.2) is 0 Å². The second-order valence-corrected chi connectivity index (χ2v) is 2.75. The molecule has 2 nitrogen and oxygen atoms in total. The standard InChI is InChI=1S/C7H4Cl2N2/c1-11-7-3-4(8)6(10)2-5(7)9/h2-3H,10H2. The van der Waals surface area contributed by atoms with Crippen LogP contribution in [0.1, 0.15) is 0 Å². The van der Waals surface area contributed by atoms with Gasteiger partial charge in [-0.05, 0) is 12.1 Å². The fourth-order valence-corrected chi connectivity index (χ4v) is 1.01. The Morgan fingerprint density at radius 1 is 1.27 bits per heavy atom. The van der Waals surface area contributed by atoms with Gasteiger partial charge in [0.05, 0.1) is 11.6 Å². The number of nitrogens with two attached hydrogens (primary N) is 1. The van der Waals surface area contributed by atoms with Gasteiger partial charge in [-0.1, -0.05) is 23.2 Å². The summed E-state index contributed by atoms with van der Waals surface area (Å²) in [6.45, 7) is 6.69. The van der Waals surface area contributed by atoms with Gasteiger partial charge in [-0.25, -0.2) is 4.85 Å². The molecular weight excluding hydrogens is 183 g/mol. The monoisotopic (exact) mass is 186 g/mol. The molecule has 56 valence electrons. The topological polar surface area (TPSA) is 30.4 Å². The summed E-state index contributed by atoms with van der Waals surface area (Å²) in [5.41, 5.74) is 6.14. The van der Waals surface area contributed by atoms with Crippen LogP contribution in [0.25, 0.3) is 4.85 Å². The van der Waals surface area contributed by atoms with Crippen LogP contribution in [0.4, 0.5) is 11.4 Å². The summed E-state index contributed by atoms with van der Waals surface area (Å²) in [5, 5.41) is 0.697. The molecule has 0 bridgehead atoms. The predicted octanol–water partition coefficient (Wildman–Crippen LogP) is 3.13. The minimum absolute atomic E-state index is 0.325. The number of hydrogen-bond donors (Lipinski definition) is 1. The van der Waals surface area contributed by atoms with E-state index in [9.17, 15) is 0 Å². The van der Waals surface area contributed by atoms with Gasteiger partial charge in [0, 0.05) is 10.7 Å². The van der Waals surface area contributed by atoms with Crippen molar-refractivity contribution in [3.63, 3.8) is 0 Å². The largest absolute Gasteiger partial charge is 0.398 e. The van der Waals surface area contributed by atoms with E-state index < -0.39 is 0 Å². The first-order valence-corrected chi connectivity index (χ1v) is 3.52. The number of nitrogen functional groups attached to an aromatic ring is 1. The number of rotatable bonds is 0. The van der Waals surface area contributed by atoms with E-state index in [0.29, 0.717) is 21.4 Å². The smallest absolute Gasteiger partial charge is 0.207 e. The van der Waals surface area contributed by atoms with Crippen LogP contribution in [-0.4, -0.2) is 0 Å². The maximum absolute atomic E-state index is 6.69. The average molecular weight is 187 g/mol. The zero-order valence-corrected chi connectivity index (χ0v) is 6.95. The van der Waals surface area contributed by atoms with E-state index in [1.807, 2.05) is 0 Å². The van der Waals surface area contributed by atoms with Gasteiger partial charge in [0.2, 0.25) is 5.69 Å². The van der Waals surface area contributed by atoms with Crippen molar-refractivity contribution < 1.29 is 0 Å². The Bertz CT molecular complexity index is 328. The van der Waals surface area contributed by atoms with Crippen LogP contribution in [0.15, 0.2) is 12.1 Å². The first-order chi connectivity index (χ1) is 5.15. The molecular formula is C7H4Cl2N2. The second kappa shape index (κ2) is 3.00. The van der Waals surface area contributed by atoms with Gasteiger partial charge < -0.3 is 5.73 Å². The van der Waals surface area contributed by atoms with Crippen molar-refractivity contribution >= 4 is 34.6 Å². The number of nitrogens with zero attached hydrogens (tertiary/aromatic N) is 1. The van der Waals surface area contributed by atoms with Crippen LogP contribution >= 0.6 is 23.2 Å². The van der Waals surface area contributed by atoms with E-state index >= 15 is 0 Å². The summed E-state index contributed by atoms with van der Waals surface area (Å²) in [6.07, 6.45) is 0. The SMILES string of the molecule is [C-]#[N+]c1cc(Cl)c(N)cc1Cl. The minimum Gasteiger partial charge on any atom is -0.398 e. The summed E-state index contributed by atoms with van der Waals surface area (Å²) < 4.78 is 0. The Labute approximate surface area is 74.3 Å². The van der Waals surface area contributed by atoms with Gasteiger partial charge in [-0.2, -0.15) is 0 Å². The van der Waals surface area contributed by atoms with Gasteiger partial charge in [-0.15, -0.1) is 0 Å². The summed E-state index contributed by atoms with van der Waals surface area (Å²) in [5.74, 6) is 0. The lowest BCUT2D eigenvalue weighted by atomic mass is 10.3. The molecule has 0 aliphatic rings. The lowest BCUT2D eigenvalue weighted by molar-refractivity contribution is 1.69. The molecule has 0 heterocycles. The number of anilines is 1. The van der Waals surface area contributed by atoms with Crippen LogP contribution in [-0.2, 0) is 0 Å². The summed E-state index contributed by atoms with van der Waals surface area (Å²) in [7, 11) is 0. The van der Waals surface area contributed by atoms with Crippen molar-refractivity contribution in [1.82, 2.24) is 0 Å². The van der Waals surface area contributed by atoms with Crippen LogP contribution < -0.4 is 5.73 Å². The highest BCUT2D eigenvalue weighted by molar-refractivity contribution is 6.37. The molecule has 4 heteroatoms. The third-order valence-corrected chi connectivity index (χ3v) is 1.82.